The van der Waals surface area contributed by atoms with Gasteiger partial charge in [0.1, 0.15) is 0 Å². The molecule has 2 aromatic heterocycles. The van der Waals surface area contributed by atoms with Crippen LogP contribution in [0.1, 0.15) is 59.4 Å². The Morgan fingerprint density at radius 2 is 1.55 bits per heavy atom. The van der Waals surface area contributed by atoms with Crippen LogP contribution >= 0.6 is 0 Å². The van der Waals surface area contributed by atoms with Gasteiger partial charge in [-0.2, -0.15) is 0 Å². The highest BCUT2D eigenvalue weighted by Gasteiger charge is 2.51. The van der Waals surface area contributed by atoms with Crippen molar-refractivity contribution in [2.45, 2.75) is 44.1 Å². The van der Waals surface area contributed by atoms with E-state index in [0.29, 0.717) is 43.3 Å². The van der Waals surface area contributed by atoms with Gasteiger partial charge in [-0.05, 0) is 80.5 Å². The Labute approximate surface area is 221 Å². The zero-order valence-corrected chi connectivity index (χ0v) is 21.4. The Hall–Kier alpha value is -3.52. The molecule has 2 amide bonds. The standard InChI is InChI=1S/C30H32N4O4/c35-28(32-30-15-19-11-20(16-30)13-21(12-19)17-30)26-14-27(38-33-26)24-5-6-25(31-18-24)22-1-3-23(4-2-22)29(36)34-7-9-37-10-8-34/h1-6,14,18-21H,7-13,15-17H2,(H,32,35). The summed E-state index contributed by atoms with van der Waals surface area (Å²) < 4.78 is 10.9. The van der Waals surface area contributed by atoms with E-state index in [-0.39, 0.29) is 17.4 Å². The fourth-order valence-electron chi connectivity index (χ4n) is 7.53. The fraction of sp³-hybridized carbons (Fsp3) is 0.467. The van der Waals surface area contributed by atoms with Crippen molar-refractivity contribution >= 4 is 11.8 Å². The number of hydrogen-bond acceptors (Lipinski definition) is 6. The fourth-order valence-corrected chi connectivity index (χ4v) is 7.53. The van der Waals surface area contributed by atoms with Gasteiger partial charge in [0.25, 0.3) is 11.8 Å². The number of carbonyl (C=O) groups is 2. The molecule has 1 aromatic carbocycles. The lowest BCUT2D eigenvalue weighted by Crippen LogP contribution is -2.59. The summed E-state index contributed by atoms with van der Waals surface area (Å²) in [5.74, 6) is 2.70. The van der Waals surface area contributed by atoms with E-state index in [4.69, 9.17) is 9.26 Å². The zero-order valence-electron chi connectivity index (χ0n) is 21.4. The Kier molecular flexibility index (Phi) is 5.80. The molecule has 8 heteroatoms. The highest BCUT2D eigenvalue weighted by Crippen LogP contribution is 2.55. The second-order valence-corrected chi connectivity index (χ2v) is 11.6. The number of nitrogens with zero attached hydrogens (tertiary/aromatic N) is 3. The molecule has 1 N–H and O–H groups in total. The molecule has 3 heterocycles. The Balaban J connectivity index is 1.01. The summed E-state index contributed by atoms with van der Waals surface area (Å²) in [7, 11) is 0. The van der Waals surface area contributed by atoms with Crippen LogP contribution in [0.15, 0.2) is 53.2 Å². The number of pyridine rings is 1. The highest BCUT2D eigenvalue weighted by molar-refractivity contribution is 5.95. The van der Waals surface area contributed by atoms with E-state index < -0.39 is 0 Å². The molecular formula is C30H32N4O4. The van der Waals surface area contributed by atoms with Gasteiger partial charge in [0.15, 0.2) is 11.5 Å². The molecule has 0 spiro atoms. The number of amides is 2. The molecule has 38 heavy (non-hydrogen) atoms. The second-order valence-electron chi connectivity index (χ2n) is 11.6. The molecular weight excluding hydrogens is 480 g/mol. The molecule has 3 aromatic rings. The molecule has 4 aliphatic carbocycles. The summed E-state index contributed by atoms with van der Waals surface area (Å²) in [5, 5.41) is 7.44. The SMILES string of the molecule is O=C(NC12CC3CC(CC(C3)C1)C2)c1cc(-c2ccc(-c3ccc(C(=O)N4CCOCC4)cc3)nc2)on1. The van der Waals surface area contributed by atoms with Crippen molar-refractivity contribution in [1.29, 1.82) is 0 Å². The summed E-state index contributed by atoms with van der Waals surface area (Å²) in [6, 6.07) is 13.0. The van der Waals surface area contributed by atoms with Gasteiger partial charge >= 0.3 is 0 Å². The second kappa shape index (κ2) is 9.34. The van der Waals surface area contributed by atoms with Crippen molar-refractivity contribution in [1.82, 2.24) is 20.4 Å². The largest absolute Gasteiger partial charge is 0.378 e. The third kappa shape index (κ3) is 4.41. The predicted octanol–water partition coefficient (Wildman–Crippen LogP) is 4.57. The van der Waals surface area contributed by atoms with Gasteiger partial charge in [0.2, 0.25) is 0 Å². The predicted molar refractivity (Wildman–Crippen MR) is 140 cm³/mol. The molecule has 1 saturated heterocycles. The number of aromatic nitrogens is 2. The van der Waals surface area contributed by atoms with E-state index in [1.54, 1.807) is 12.3 Å². The number of ether oxygens (including phenoxy) is 1. The molecule has 196 valence electrons. The summed E-state index contributed by atoms with van der Waals surface area (Å²) in [6.07, 6.45) is 9.04. The van der Waals surface area contributed by atoms with Crippen LogP contribution in [0.3, 0.4) is 0 Å². The first-order chi connectivity index (χ1) is 18.5. The molecule has 4 bridgehead atoms. The molecule has 4 saturated carbocycles. The Morgan fingerprint density at radius 3 is 2.18 bits per heavy atom. The number of benzene rings is 1. The summed E-state index contributed by atoms with van der Waals surface area (Å²) >= 11 is 0. The van der Waals surface area contributed by atoms with Crippen LogP contribution in [0.5, 0.6) is 0 Å². The van der Waals surface area contributed by atoms with Crippen LogP contribution in [0.4, 0.5) is 0 Å². The summed E-state index contributed by atoms with van der Waals surface area (Å²) in [5.41, 5.74) is 3.39. The van der Waals surface area contributed by atoms with Crippen LogP contribution < -0.4 is 5.32 Å². The van der Waals surface area contributed by atoms with Gasteiger partial charge < -0.3 is 19.5 Å². The average Bonchev–Trinajstić information content (AvgIpc) is 3.43. The lowest BCUT2D eigenvalue weighted by molar-refractivity contribution is -0.0168. The summed E-state index contributed by atoms with van der Waals surface area (Å²) in [4.78, 5) is 32.2. The van der Waals surface area contributed by atoms with Crippen LogP contribution in [0.2, 0.25) is 0 Å². The number of hydrogen-bond donors (Lipinski definition) is 1. The van der Waals surface area contributed by atoms with Crippen LogP contribution in [-0.2, 0) is 4.74 Å². The number of nitrogens with one attached hydrogen (secondary N) is 1. The third-order valence-electron chi connectivity index (χ3n) is 8.93. The van der Waals surface area contributed by atoms with E-state index >= 15 is 0 Å². The molecule has 0 radical (unpaired) electrons. The highest BCUT2D eigenvalue weighted by atomic mass is 16.5. The Bertz CT molecular complexity index is 1310. The van der Waals surface area contributed by atoms with Crippen LogP contribution in [0.25, 0.3) is 22.6 Å². The maximum absolute atomic E-state index is 13.1. The van der Waals surface area contributed by atoms with Gasteiger partial charge in [0.05, 0.1) is 18.9 Å². The number of morpholine rings is 1. The zero-order chi connectivity index (χ0) is 25.7. The first kappa shape index (κ1) is 23.6. The van der Waals surface area contributed by atoms with Crippen LogP contribution in [-0.4, -0.2) is 58.7 Å². The van der Waals surface area contributed by atoms with E-state index in [1.165, 1.54) is 19.3 Å². The number of rotatable bonds is 5. The molecule has 5 fully saturated rings. The topological polar surface area (TPSA) is 97.6 Å². The van der Waals surface area contributed by atoms with E-state index in [0.717, 1.165) is 53.8 Å². The van der Waals surface area contributed by atoms with Gasteiger partial charge in [-0.1, -0.05) is 17.3 Å². The molecule has 1 aliphatic heterocycles. The van der Waals surface area contributed by atoms with Gasteiger partial charge in [-0.3, -0.25) is 14.6 Å². The lowest BCUT2D eigenvalue weighted by Gasteiger charge is -2.56. The quantitative estimate of drug-likeness (QED) is 0.538. The summed E-state index contributed by atoms with van der Waals surface area (Å²) in [6.45, 7) is 2.41. The lowest BCUT2D eigenvalue weighted by atomic mass is 9.53. The van der Waals surface area contributed by atoms with E-state index in [1.807, 2.05) is 41.3 Å². The molecule has 5 aliphatic rings. The normalized spacial score (nSPS) is 27.9. The Morgan fingerprint density at radius 1 is 0.895 bits per heavy atom. The first-order valence-electron chi connectivity index (χ1n) is 13.8. The smallest absolute Gasteiger partial charge is 0.273 e. The third-order valence-corrected chi connectivity index (χ3v) is 8.93. The monoisotopic (exact) mass is 512 g/mol. The minimum atomic E-state index is -0.141. The van der Waals surface area contributed by atoms with Crippen LogP contribution in [0, 0.1) is 17.8 Å². The van der Waals surface area contributed by atoms with E-state index in [2.05, 4.69) is 15.5 Å². The molecule has 0 unspecified atom stereocenters. The van der Waals surface area contributed by atoms with Gasteiger partial charge in [-0.15, -0.1) is 0 Å². The van der Waals surface area contributed by atoms with Crippen molar-refractivity contribution in [2.24, 2.45) is 17.8 Å². The number of carbonyl (C=O) groups excluding carboxylic acids is 2. The average molecular weight is 513 g/mol. The first-order valence-corrected chi connectivity index (χ1v) is 13.8. The van der Waals surface area contributed by atoms with Gasteiger partial charge in [0, 0.05) is 47.6 Å². The van der Waals surface area contributed by atoms with E-state index in [9.17, 15) is 9.59 Å². The molecule has 8 nitrogen and oxygen atoms in total. The molecule has 0 atom stereocenters. The maximum Gasteiger partial charge on any atom is 0.273 e. The maximum atomic E-state index is 13.1. The minimum absolute atomic E-state index is 0.0245. The molecule has 8 rings (SSSR count). The van der Waals surface area contributed by atoms with Crippen molar-refractivity contribution in [3.63, 3.8) is 0 Å². The van der Waals surface area contributed by atoms with Crippen molar-refractivity contribution < 1.29 is 18.8 Å². The van der Waals surface area contributed by atoms with Gasteiger partial charge in [-0.25, -0.2) is 0 Å². The van der Waals surface area contributed by atoms with Crippen molar-refractivity contribution in [3.05, 3.63) is 59.9 Å². The van der Waals surface area contributed by atoms with Crippen molar-refractivity contribution in [2.75, 3.05) is 26.3 Å². The van der Waals surface area contributed by atoms with Crippen molar-refractivity contribution in [3.8, 4) is 22.6 Å². The minimum Gasteiger partial charge on any atom is -0.378 e.